The van der Waals surface area contributed by atoms with Crippen molar-refractivity contribution in [2.75, 3.05) is 18.0 Å². The van der Waals surface area contributed by atoms with Gasteiger partial charge in [0.1, 0.15) is 0 Å². The number of hydrogen-bond acceptors (Lipinski definition) is 4. The van der Waals surface area contributed by atoms with Crippen molar-refractivity contribution in [3.63, 3.8) is 0 Å². The Morgan fingerprint density at radius 3 is 2.42 bits per heavy atom. The summed E-state index contributed by atoms with van der Waals surface area (Å²) in [6, 6.07) is 14.0. The maximum Gasteiger partial charge on any atom is 0.363 e. The number of hydrogen-bond donors (Lipinski definition) is 0. The summed E-state index contributed by atoms with van der Waals surface area (Å²) in [5.74, 6) is -0.0514. The molecule has 0 unspecified atom stereocenters. The Balaban J connectivity index is 1.85. The summed E-state index contributed by atoms with van der Waals surface area (Å²) in [7, 11) is 0. The highest BCUT2D eigenvalue weighted by molar-refractivity contribution is 14.1. The van der Waals surface area contributed by atoms with Crippen molar-refractivity contribution in [1.29, 1.82) is 0 Å². The van der Waals surface area contributed by atoms with Crippen molar-refractivity contribution in [2.45, 2.75) is 20.8 Å². The van der Waals surface area contributed by atoms with Crippen LogP contribution in [0.3, 0.4) is 0 Å². The zero-order valence-electron chi connectivity index (χ0n) is 15.1. The van der Waals surface area contributed by atoms with Gasteiger partial charge in [-0.1, -0.05) is 12.1 Å². The summed E-state index contributed by atoms with van der Waals surface area (Å²) in [6.07, 6.45) is 1.76. The quantitative estimate of drug-likeness (QED) is 0.366. The highest BCUT2D eigenvalue weighted by Gasteiger charge is 2.24. The van der Waals surface area contributed by atoms with E-state index in [1.54, 1.807) is 6.08 Å². The number of rotatable bonds is 5. The molecular weight excluding hydrogens is 439 g/mol. The Labute approximate surface area is 167 Å². The molecule has 0 radical (unpaired) electrons. The second kappa shape index (κ2) is 8.03. The second-order valence-corrected chi connectivity index (χ2v) is 7.23. The maximum absolute atomic E-state index is 12.2. The number of nitrogens with zero attached hydrogens (tertiary/aromatic N) is 2. The van der Waals surface area contributed by atoms with E-state index in [1.807, 2.05) is 37.3 Å². The average molecular weight is 460 g/mol. The van der Waals surface area contributed by atoms with Crippen LogP contribution in [0.5, 0.6) is 0 Å². The third-order valence-electron chi connectivity index (χ3n) is 4.35. The molecule has 0 bridgehead atoms. The van der Waals surface area contributed by atoms with Gasteiger partial charge in [-0.05, 0) is 90.9 Å². The third-order valence-corrected chi connectivity index (χ3v) is 5.56. The molecule has 0 fully saturated rings. The molecule has 4 nitrogen and oxygen atoms in total. The minimum absolute atomic E-state index is 0.326. The van der Waals surface area contributed by atoms with Crippen molar-refractivity contribution in [2.24, 2.45) is 4.99 Å². The normalized spacial score (nSPS) is 15.2. The molecule has 1 aliphatic rings. The van der Waals surface area contributed by atoms with Gasteiger partial charge in [-0.3, -0.25) is 0 Å². The number of halogens is 1. The Kier molecular flexibility index (Phi) is 5.76. The van der Waals surface area contributed by atoms with Crippen molar-refractivity contribution in [3.8, 4) is 0 Å². The number of benzene rings is 2. The second-order valence-electron chi connectivity index (χ2n) is 6.06. The van der Waals surface area contributed by atoms with Crippen molar-refractivity contribution >= 4 is 46.2 Å². The van der Waals surface area contributed by atoms with Crippen LogP contribution in [0.4, 0.5) is 5.69 Å². The van der Waals surface area contributed by atoms with Crippen LogP contribution in [0.25, 0.3) is 6.08 Å². The lowest BCUT2D eigenvalue weighted by Crippen LogP contribution is -2.21. The number of carbonyl (C=O) groups excluding carboxylic acids is 1. The smallest absolute Gasteiger partial charge is 0.363 e. The molecule has 0 N–H and O–H groups in total. The molecule has 0 aliphatic carbocycles. The van der Waals surface area contributed by atoms with E-state index in [0.717, 1.165) is 29.8 Å². The van der Waals surface area contributed by atoms with Crippen LogP contribution < -0.4 is 4.90 Å². The van der Waals surface area contributed by atoms with E-state index in [-0.39, 0.29) is 0 Å². The van der Waals surface area contributed by atoms with Gasteiger partial charge in [-0.25, -0.2) is 9.79 Å². The largest absolute Gasteiger partial charge is 0.402 e. The van der Waals surface area contributed by atoms with Gasteiger partial charge in [0.2, 0.25) is 5.90 Å². The first-order valence-corrected chi connectivity index (χ1v) is 9.73. The summed E-state index contributed by atoms with van der Waals surface area (Å²) in [5, 5.41) is 0. The Hall–Kier alpha value is -2.15. The molecule has 3 rings (SSSR count). The summed E-state index contributed by atoms with van der Waals surface area (Å²) in [5.41, 5.74) is 4.37. The van der Waals surface area contributed by atoms with E-state index in [2.05, 4.69) is 58.5 Å². The molecule has 134 valence electrons. The van der Waals surface area contributed by atoms with Crippen LogP contribution in [-0.2, 0) is 9.53 Å². The molecular formula is C21H21IN2O2. The Morgan fingerprint density at radius 2 is 1.81 bits per heavy atom. The van der Waals surface area contributed by atoms with Gasteiger partial charge in [0.25, 0.3) is 0 Å². The van der Waals surface area contributed by atoms with Crippen LogP contribution in [0.2, 0.25) is 0 Å². The topological polar surface area (TPSA) is 41.9 Å². The van der Waals surface area contributed by atoms with Crippen molar-refractivity contribution in [1.82, 2.24) is 0 Å². The van der Waals surface area contributed by atoms with Gasteiger partial charge >= 0.3 is 5.97 Å². The minimum Gasteiger partial charge on any atom is -0.402 e. The zero-order valence-corrected chi connectivity index (χ0v) is 17.3. The van der Waals surface area contributed by atoms with Crippen molar-refractivity contribution < 1.29 is 9.53 Å². The fourth-order valence-corrected chi connectivity index (χ4v) is 3.17. The third kappa shape index (κ3) is 3.98. The Morgan fingerprint density at radius 1 is 1.12 bits per heavy atom. The fraction of sp³-hybridized carbons (Fsp3) is 0.238. The molecule has 0 spiro atoms. The molecule has 5 heteroatoms. The summed E-state index contributed by atoms with van der Waals surface area (Å²) in [6.45, 7) is 8.22. The van der Waals surface area contributed by atoms with Crippen LogP contribution in [0.15, 0.2) is 53.2 Å². The van der Waals surface area contributed by atoms with Crippen LogP contribution in [-0.4, -0.2) is 25.0 Å². The molecule has 2 aromatic carbocycles. The van der Waals surface area contributed by atoms with Crippen LogP contribution in [0, 0.1) is 10.5 Å². The van der Waals surface area contributed by atoms with Gasteiger partial charge < -0.3 is 9.64 Å². The minimum atomic E-state index is -0.413. The van der Waals surface area contributed by atoms with E-state index in [1.165, 1.54) is 9.26 Å². The molecule has 0 saturated heterocycles. The SMILES string of the molecule is CCN(CC)c1ccc(/C=C2\N=C(c3ccc(I)c(C)c3)OC2=O)cc1. The molecule has 0 aromatic heterocycles. The van der Waals surface area contributed by atoms with E-state index >= 15 is 0 Å². The molecule has 2 aromatic rings. The Bertz CT molecular complexity index is 881. The molecule has 26 heavy (non-hydrogen) atoms. The molecule has 0 atom stereocenters. The summed E-state index contributed by atoms with van der Waals surface area (Å²) in [4.78, 5) is 18.8. The van der Waals surface area contributed by atoms with Crippen molar-refractivity contribution in [3.05, 3.63) is 68.4 Å². The highest BCUT2D eigenvalue weighted by Crippen LogP contribution is 2.22. The van der Waals surface area contributed by atoms with Gasteiger partial charge in [0, 0.05) is 27.9 Å². The predicted octanol–water partition coefficient (Wildman–Crippen LogP) is 4.79. The van der Waals surface area contributed by atoms with Crippen LogP contribution >= 0.6 is 22.6 Å². The van der Waals surface area contributed by atoms with Gasteiger partial charge in [-0.15, -0.1) is 0 Å². The molecule has 0 saturated carbocycles. The van der Waals surface area contributed by atoms with Gasteiger partial charge in [-0.2, -0.15) is 0 Å². The first kappa shape index (κ1) is 18.6. The first-order valence-electron chi connectivity index (χ1n) is 8.66. The monoisotopic (exact) mass is 460 g/mol. The predicted molar refractivity (Wildman–Crippen MR) is 115 cm³/mol. The molecule has 0 amide bonds. The molecule has 1 heterocycles. The lowest BCUT2D eigenvalue weighted by Gasteiger charge is -2.20. The van der Waals surface area contributed by atoms with Crippen LogP contribution in [0.1, 0.15) is 30.5 Å². The first-order chi connectivity index (χ1) is 12.5. The number of esters is 1. The lowest BCUT2D eigenvalue weighted by molar-refractivity contribution is -0.129. The summed E-state index contributed by atoms with van der Waals surface area (Å²) >= 11 is 2.28. The number of anilines is 1. The van der Waals surface area contributed by atoms with Gasteiger partial charge in [0.05, 0.1) is 0 Å². The van der Waals surface area contributed by atoms with Gasteiger partial charge in [0.15, 0.2) is 5.70 Å². The number of ether oxygens (including phenoxy) is 1. The average Bonchev–Trinajstić information content (AvgIpc) is 3.00. The van der Waals surface area contributed by atoms with E-state index in [0.29, 0.717) is 11.6 Å². The van der Waals surface area contributed by atoms with E-state index in [4.69, 9.17) is 4.74 Å². The van der Waals surface area contributed by atoms with E-state index in [9.17, 15) is 4.79 Å². The number of aliphatic imine (C=N–C) groups is 1. The molecule has 1 aliphatic heterocycles. The number of carbonyl (C=O) groups is 1. The van der Waals surface area contributed by atoms with E-state index < -0.39 is 5.97 Å². The standard InChI is InChI=1S/C21H21IN2O2/c1-4-24(5-2)17-9-6-15(7-10-17)13-19-21(25)26-20(23-19)16-8-11-18(22)14(3)12-16/h6-13H,4-5H2,1-3H3/b19-13-. The number of aryl methyl sites for hydroxylation is 1. The fourth-order valence-electron chi connectivity index (χ4n) is 2.84. The number of cyclic esters (lactones) is 1. The summed E-state index contributed by atoms with van der Waals surface area (Å²) < 4.78 is 6.52. The lowest BCUT2D eigenvalue weighted by atomic mass is 10.1. The zero-order chi connectivity index (χ0) is 18.7. The maximum atomic E-state index is 12.2. The highest BCUT2D eigenvalue weighted by atomic mass is 127.